The van der Waals surface area contributed by atoms with Gasteiger partial charge in [0.1, 0.15) is 5.76 Å². The first-order valence-electron chi connectivity index (χ1n) is 6.86. The number of benzene rings is 1. The van der Waals surface area contributed by atoms with Crippen molar-refractivity contribution in [3.63, 3.8) is 0 Å². The van der Waals surface area contributed by atoms with E-state index in [-0.39, 0.29) is 11.5 Å². The van der Waals surface area contributed by atoms with Crippen molar-refractivity contribution in [3.8, 4) is 0 Å². The van der Waals surface area contributed by atoms with E-state index >= 15 is 0 Å². The Bertz CT molecular complexity index is 857. The molecule has 0 atom stereocenters. The second-order valence-electron chi connectivity index (χ2n) is 5.00. The monoisotopic (exact) mass is 297 g/mol. The number of nitrogens with zero attached hydrogens (tertiary/aromatic N) is 1. The highest BCUT2D eigenvalue weighted by Gasteiger charge is 2.14. The predicted octanol–water partition coefficient (Wildman–Crippen LogP) is 3.27. The highest BCUT2D eigenvalue weighted by atomic mass is 16.5. The first-order chi connectivity index (χ1) is 10.6. The summed E-state index contributed by atoms with van der Waals surface area (Å²) in [5, 5.41) is 0.912. The molecule has 0 saturated heterocycles. The van der Waals surface area contributed by atoms with Gasteiger partial charge in [0.15, 0.2) is 5.78 Å². The van der Waals surface area contributed by atoms with Gasteiger partial charge in [-0.05, 0) is 25.1 Å². The van der Waals surface area contributed by atoms with E-state index in [0.717, 1.165) is 10.9 Å². The van der Waals surface area contributed by atoms with Gasteiger partial charge in [-0.3, -0.25) is 4.79 Å². The van der Waals surface area contributed by atoms with Crippen LogP contribution in [0, 0.1) is 0 Å². The van der Waals surface area contributed by atoms with Crippen LogP contribution in [0.3, 0.4) is 0 Å². The van der Waals surface area contributed by atoms with E-state index in [9.17, 15) is 9.59 Å². The number of ether oxygens (including phenoxy) is 1. The van der Waals surface area contributed by atoms with E-state index in [4.69, 9.17) is 4.42 Å². The number of hydrogen-bond acceptors (Lipinski definition) is 4. The zero-order chi connectivity index (χ0) is 15.7. The number of hydrogen-bond donors (Lipinski definition) is 0. The van der Waals surface area contributed by atoms with Crippen molar-refractivity contribution in [1.82, 2.24) is 4.57 Å². The molecule has 112 valence electrons. The predicted molar refractivity (Wildman–Crippen MR) is 81.1 cm³/mol. The van der Waals surface area contributed by atoms with Gasteiger partial charge in [-0.1, -0.05) is 18.2 Å². The lowest BCUT2D eigenvalue weighted by atomic mass is 10.1. The molecule has 0 radical (unpaired) electrons. The third-order valence-corrected chi connectivity index (χ3v) is 3.54. The van der Waals surface area contributed by atoms with Crippen molar-refractivity contribution in [1.29, 1.82) is 0 Å². The molecule has 1 aromatic carbocycles. The number of esters is 1. The van der Waals surface area contributed by atoms with Crippen LogP contribution in [0.5, 0.6) is 0 Å². The summed E-state index contributed by atoms with van der Waals surface area (Å²) in [4.78, 5) is 23.2. The van der Waals surface area contributed by atoms with E-state index < -0.39 is 5.97 Å². The molecule has 0 bridgehead atoms. The van der Waals surface area contributed by atoms with Crippen molar-refractivity contribution < 1.29 is 18.7 Å². The second kappa shape index (κ2) is 5.52. The average Bonchev–Trinajstić information content (AvgIpc) is 3.12. The molecule has 0 aliphatic rings. The Labute approximate surface area is 127 Å². The summed E-state index contributed by atoms with van der Waals surface area (Å²) in [7, 11) is 1.31. The van der Waals surface area contributed by atoms with Crippen molar-refractivity contribution in [3.05, 3.63) is 59.7 Å². The smallest absolute Gasteiger partial charge is 0.373 e. The van der Waals surface area contributed by atoms with E-state index in [1.54, 1.807) is 19.1 Å². The van der Waals surface area contributed by atoms with Crippen LogP contribution in [0.15, 0.2) is 47.0 Å². The van der Waals surface area contributed by atoms with Gasteiger partial charge in [0.25, 0.3) is 0 Å². The zero-order valence-electron chi connectivity index (χ0n) is 12.3. The number of ketones is 1. The molecular formula is C17H15NO4. The van der Waals surface area contributed by atoms with Gasteiger partial charge in [0.2, 0.25) is 5.76 Å². The lowest BCUT2D eigenvalue weighted by Crippen LogP contribution is -1.99. The third kappa shape index (κ3) is 2.41. The normalized spacial score (nSPS) is 10.8. The van der Waals surface area contributed by atoms with Crippen LogP contribution in [-0.2, 0) is 11.3 Å². The maximum absolute atomic E-state index is 11.8. The number of carbonyl (C=O) groups excluding carboxylic acids is 2. The number of methoxy groups -OCH3 is 1. The molecule has 0 fully saturated rings. The standard InChI is InChI=1S/C17H15NO4/c1-11(19)14-10-18(15-6-4-3-5-13(14)15)9-12-7-8-16(22-12)17(20)21-2/h3-8,10H,9H2,1-2H3. The summed E-state index contributed by atoms with van der Waals surface area (Å²) in [5.41, 5.74) is 1.62. The van der Waals surface area contributed by atoms with E-state index in [0.29, 0.717) is 17.9 Å². The fraction of sp³-hybridized carbons (Fsp3) is 0.176. The quantitative estimate of drug-likeness (QED) is 0.547. The molecule has 0 amide bonds. The molecule has 3 aromatic rings. The number of carbonyl (C=O) groups is 2. The number of fused-ring (bicyclic) bond motifs is 1. The first-order valence-corrected chi connectivity index (χ1v) is 6.86. The number of furan rings is 1. The molecule has 3 rings (SSSR count). The summed E-state index contributed by atoms with van der Waals surface area (Å²) < 4.78 is 12.0. The van der Waals surface area contributed by atoms with Crippen molar-refractivity contribution >= 4 is 22.7 Å². The molecule has 22 heavy (non-hydrogen) atoms. The molecule has 0 aliphatic carbocycles. The minimum atomic E-state index is -0.506. The summed E-state index contributed by atoms with van der Waals surface area (Å²) in [6.45, 7) is 1.99. The zero-order valence-corrected chi connectivity index (χ0v) is 12.3. The molecule has 0 spiro atoms. The van der Waals surface area contributed by atoms with Gasteiger partial charge in [-0.15, -0.1) is 0 Å². The van der Waals surface area contributed by atoms with Crippen LogP contribution in [0.1, 0.15) is 33.6 Å². The third-order valence-electron chi connectivity index (χ3n) is 3.54. The molecule has 0 aliphatic heterocycles. The number of rotatable bonds is 4. The lowest BCUT2D eigenvalue weighted by molar-refractivity contribution is 0.0563. The Morgan fingerprint density at radius 1 is 1.18 bits per heavy atom. The summed E-state index contributed by atoms with van der Waals surface area (Å²) in [6.07, 6.45) is 1.81. The SMILES string of the molecule is COC(=O)c1ccc(Cn2cc(C(C)=O)c3ccccc32)o1. The van der Waals surface area contributed by atoms with E-state index in [2.05, 4.69) is 4.74 Å². The molecule has 5 nitrogen and oxygen atoms in total. The minimum Gasteiger partial charge on any atom is -0.463 e. The fourth-order valence-electron chi connectivity index (χ4n) is 2.50. The van der Waals surface area contributed by atoms with Crippen molar-refractivity contribution in [2.24, 2.45) is 0 Å². The summed E-state index contributed by atoms with van der Waals surface area (Å²) >= 11 is 0. The van der Waals surface area contributed by atoms with Gasteiger partial charge in [-0.2, -0.15) is 0 Å². The van der Waals surface area contributed by atoms with Crippen LogP contribution < -0.4 is 0 Å². The maximum atomic E-state index is 11.8. The Morgan fingerprint density at radius 3 is 2.68 bits per heavy atom. The molecule has 5 heteroatoms. The van der Waals surface area contributed by atoms with E-state index in [1.165, 1.54) is 7.11 Å². The Balaban J connectivity index is 1.99. The van der Waals surface area contributed by atoms with Gasteiger partial charge in [-0.25, -0.2) is 4.79 Å². The topological polar surface area (TPSA) is 61.4 Å². The molecule has 2 aromatic heterocycles. The van der Waals surface area contributed by atoms with Crippen LogP contribution >= 0.6 is 0 Å². The van der Waals surface area contributed by atoms with Gasteiger partial charge >= 0.3 is 5.97 Å². The highest BCUT2D eigenvalue weighted by molar-refractivity contribution is 6.06. The number of Topliss-reactive ketones (excluding diaryl/α,β-unsaturated/α-hetero) is 1. The van der Waals surface area contributed by atoms with Crippen LogP contribution in [-0.4, -0.2) is 23.4 Å². The van der Waals surface area contributed by atoms with Crippen LogP contribution in [0.4, 0.5) is 0 Å². The second-order valence-corrected chi connectivity index (χ2v) is 5.00. The average molecular weight is 297 g/mol. The summed E-state index contributed by atoms with van der Waals surface area (Å²) in [5.74, 6) is 0.301. The molecule has 0 saturated carbocycles. The van der Waals surface area contributed by atoms with Gasteiger partial charge in [0.05, 0.1) is 13.7 Å². The van der Waals surface area contributed by atoms with Gasteiger partial charge < -0.3 is 13.7 Å². The Morgan fingerprint density at radius 2 is 1.95 bits per heavy atom. The molecule has 0 unspecified atom stereocenters. The van der Waals surface area contributed by atoms with Crippen molar-refractivity contribution in [2.75, 3.05) is 7.11 Å². The van der Waals surface area contributed by atoms with E-state index in [1.807, 2.05) is 35.0 Å². The fourth-order valence-corrected chi connectivity index (χ4v) is 2.50. The maximum Gasteiger partial charge on any atom is 0.373 e. The Kier molecular flexibility index (Phi) is 3.55. The highest BCUT2D eigenvalue weighted by Crippen LogP contribution is 2.23. The first kappa shape index (κ1) is 14.1. The number of para-hydroxylation sites is 1. The molecule has 0 N–H and O–H groups in total. The molecular weight excluding hydrogens is 282 g/mol. The van der Waals surface area contributed by atoms with Crippen LogP contribution in [0.25, 0.3) is 10.9 Å². The largest absolute Gasteiger partial charge is 0.463 e. The Hall–Kier alpha value is -2.82. The summed E-state index contributed by atoms with van der Waals surface area (Å²) in [6, 6.07) is 11.0. The lowest BCUT2D eigenvalue weighted by Gasteiger charge is -2.02. The van der Waals surface area contributed by atoms with Crippen LogP contribution in [0.2, 0.25) is 0 Å². The minimum absolute atomic E-state index is 0.0182. The van der Waals surface area contributed by atoms with Crippen molar-refractivity contribution in [2.45, 2.75) is 13.5 Å². The van der Waals surface area contributed by atoms with Gasteiger partial charge in [0, 0.05) is 22.7 Å². The molecule has 2 heterocycles. The number of aromatic nitrogens is 1.